The van der Waals surface area contributed by atoms with E-state index in [1.807, 2.05) is 30.3 Å². The zero-order valence-corrected chi connectivity index (χ0v) is 8.52. The number of hydrogen-bond donors (Lipinski definition) is 3. The Kier molecular flexibility index (Phi) is 3.74. The number of rotatable bonds is 2. The first-order valence-electron chi connectivity index (χ1n) is 3.57. The highest BCUT2D eigenvalue weighted by Gasteiger charge is 1.95. The van der Waals surface area contributed by atoms with Gasteiger partial charge in [0.05, 0.1) is 0 Å². The van der Waals surface area contributed by atoms with E-state index in [4.69, 9.17) is 5.26 Å². The number of anilines is 1. The van der Waals surface area contributed by atoms with Gasteiger partial charge in [0.1, 0.15) is 11.8 Å². The molecule has 4 heteroatoms. The highest BCUT2D eigenvalue weighted by Crippen LogP contribution is 2.15. The second-order valence-electron chi connectivity index (χ2n) is 2.33. The molecule has 0 aromatic heterocycles. The molecule has 0 saturated heterocycles. The van der Waals surface area contributed by atoms with Crippen LogP contribution in [-0.4, -0.2) is 0 Å². The zero-order valence-electron chi connectivity index (χ0n) is 6.73. The van der Waals surface area contributed by atoms with E-state index in [2.05, 4.69) is 30.6 Å². The summed E-state index contributed by atoms with van der Waals surface area (Å²) in [7, 11) is 0. The van der Waals surface area contributed by atoms with E-state index in [-0.39, 0.29) is 0 Å². The summed E-state index contributed by atoms with van der Waals surface area (Å²) in [5, 5.41) is 12.9. The van der Waals surface area contributed by atoms with Crippen molar-refractivity contribution in [2.75, 3.05) is 5.32 Å². The Hall–Kier alpha value is -1.05. The van der Waals surface area contributed by atoms with E-state index in [1.54, 1.807) is 0 Å². The Labute approximate surface area is 88.1 Å². The van der Waals surface area contributed by atoms with Crippen molar-refractivity contribution in [2.24, 2.45) is 0 Å². The lowest BCUT2D eigenvalue weighted by molar-refractivity contribution is 1.40. The van der Waals surface area contributed by atoms with Crippen LogP contribution in [0.3, 0.4) is 0 Å². The normalized spacial score (nSPS) is 10.7. The maximum atomic E-state index is 8.61. The fourth-order valence-corrected chi connectivity index (χ4v) is 1.18. The molecule has 2 nitrogen and oxygen atoms in total. The van der Waals surface area contributed by atoms with Gasteiger partial charge in [-0.05, 0) is 18.2 Å². The van der Waals surface area contributed by atoms with E-state index in [0.29, 0.717) is 5.70 Å². The van der Waals surface area contributed by atoms with Crippen molar-refractivity contribution in [3.63, 3.8) is 0 Å². The summed E-state index contributed by atoms with van der Waals surface area (Å²) in [6, 6.07) is 9.38. The SMILES string of the molecule is N#C/C(=C\S)Nc1cccc(S)c1. The Morgan fingerprint density at radius 2 is 2.31 bits per heavy atom. The number of benzene rings is 1. The predicted octanol–water partition coefficient (Wildman–Crippen LogP) is 2.68. The van der Waals surface area contributed by atoms with Crippen molar-refractivity contribution in [1.29, 1.82) is 5.26 Å². The van der Waals surface area contributed by atoms with Crippen molar-refractivity contribution in [3.8, 4) is 6.07 Å². The highest BCUT2D eigenvalue weighted by atomic mass is 32.1. The first-order valence-corrected chi connectivity index (χ1v) is 4.53. The summed E-state index contributed by atoms with van der Waals surface area (Å²) < 4.78 is 0. The van der Waals surface area contributed by atoms with Crippen molar-refractivity contribution in [1.82, 2.24) is 0 Å². The van der Waals surface area contributed by atoms with E-state index < -0.39 is 0 Å². The molecular formula is C9H8N2S2. The molecule has 0 amide bonds. The highest BCUT2D eigenvalue weighted by molar-refractivity contribution is 7.83. The molecule has 0 fully saturated rings. The van der Waals surface area contributed by atoms with Gasteiger partial charge in [0.2, 0.25) is 0 Å². The van der Waals surface area contributed by atoms with E-state index in [0.717, 1.165) is 10.6 Å². The molecule has 0 aliphatic heterocycles. The second kappa shape index (κ2) is 4.85. The van der Waals surface area contributed by atoms with Crippen LogP contribution >= 0.6 is 25.3 Å². The third kappa shape index (κ3) is 3.05. The number of nitrogens with one attached hydrogen (secondary N) is 1. The zero-order chi connectivity index (χ0) is 9.68. The van der Waals surface area contributed by atoms with Crippen molar-refractivity contribution < 1.29 is 0 Å². The summed E-state index contributed by atoms with van der Waals surface area (Å²) >= 11 is 8.06. The molecule has 66 valence electrons. The van der Waals surface area contributed by atoms with Gasteiger partial charge in [-0.25, -0.2) is 0 Å². The smallest absolute Gasteiger partial charge is 0.124 e. The molecule has 1 aromatic carbocycles. The molecule has 0 unspecified atom stereocenters. The van der Waals surface area contributed by atoms with Gasteiger partial charge in [0.15, 0.2) is 0 Å². The van der Waals surface area contributed by atoms with E-state index >= 15 is 0 Å². The van der Waals surface area contributed by atoms with Gasteiger partial charge >= 0.3 is 0 Å². The molecule has 0 aliphatic carbocycles. The first-order chi connectivity index (χ1) is 6.26. The monoisotopic (exact) mass is 208 g/mol. The van der Waals surface area contributed by atoms with Crippen LogP contribution < -0.4 is 5.32 Å². The average Bonchev–Trinajstić information content (AvgIpc) is 2.14. The van der Waals surface area contributed by atoms with Crippen LogP contribution in [0, 0.1) is 11.3 Å². The fourth-order valence-electron chi connectivity index (χ4n) is 0.828. The van der Waals surface area contributed by atoms with E-state index in [9.17, 15) is 0 Å². The Morgan fingerprint density at radius 3 is 2.85 bits per heavy atom. The van der Waals surface area contributed by atoms with E-state index in [1.165, 1.54) is 5.41 Å². The maximum Gasteiger partial charge on any atom is 0.124 e. The Balaban J connectivity index is 2.81. The molecule has 0 bridgehead atoms. The minimum Gasteiger partial charge on any atom is -0.346 e. The summed E-state index contributed by atoms with van der Waals surface area (Å²) in [5.74, 6) is 0. The van der Waals surface area contributed by atoms with Crippen LogP contribution in [-0.2, 0) is 0 Å². The molecule has 0 saturated carbocycles. The molecule has 0 aliphatic rings. The average molecular weight is 208 g/mol. The summed E-state index contributed by atoms with van der Waals surface area (Å²) in [6.45, 7) is 0. The van der Waals surface area contributed by atoms with Crippen molar-refractivity contribution >= 4 is 30.9 Å². The third-order valence-electron chi connectivity index (χ3n) is 1.37. The molecule has 0 atom stereocenters. The third-order valence-corrected chi connectivity index (χ3v) is 1.91. The standard InChI is InChI=1S/C9H8N2S2/c10-5-8(6-12)11-7-2-1-3-9(13)4-7/h1-4,6,11-13H/b8-6+. The van der Waals surface area contributed by atoms with Crippen LogP contribution in [0.4, 0.5) is 5.69 Å². The van der Waals surface area contributed by atoms with Gasteiger partial charge in [-0.3, -0.25) is 0 Å². The molecule has 0 heterocycles. The summed E-state index contributed by atoms with van der Waals surface area (Å²) in [6.07, 6.45) is 0. The van der Waals surface area contributed by atoms with Crippen LogP contribution in [0.25, 0.3) is 0 Å². The lowest BCUT2D eigenvalue weighted by Gasteiger charge is -2.03. The topological polar surface area (TPSA) is 35.8 Å². The lowest BCUT2D eigenvalue weighted by Crippen LogP contribution is -1.95. The molecular weight excluding hydrogens is 200 g/mol. The predicted molar refractivity (Wildman–Crippen MR) is 60.0 cm³/mol. The Bertz CT molecular complexity index is 366. The van der Waals surface area contributed by atoms with Crippen LogP contribution in [0.15, 0.2) is 40.3 Å². The van der Waals surface area contributed by atoms with Crippen LogP contribution in [0.2, 0.25) is 0 Å². The van der Waals surface area contributed by atoms with Gasteiger partial charge in [-0.2, -0.15) is 5.26 Å². The van der Waals surface area contributed by atoms with Crippen molar-refractivity contribution in [3.05, 3.63) is 35.4 Å². The molecule has 1 rings (SSSR count). The van der Waals surface area contributed by atoms with Gasteiger partial charge in [0, 0.05) is 16.0 Å². The maximum absolute atomic E-state index is 8.61. The van der Waals surface area contributed by atoms with Crippen molar-refractivity contribution in [2.45, 2.75) is 4.90 Å². The lowest BCUT2D eigenvalue weighted by atomic mass is 10.3. The number of allylic oxidation sites excluding steroid dienone is 1. The minimum atomic E-state index is 0.405. The number of nitrogens with zero attached hydrogens (tertiary/aromatic N) is 1. The Morgan fingerprint density at radius 1 is 1.54 bits per heavy atom. The summed E-state index contributed by atoms with van der Waals surface area (Å²) in [4.78, 5) is 0.849. The van der Waals surface area contributed by atoms with Gasteiger partial charge < -0.3 is 5.32 Å². The van der Waals surface area contributed by atoms with Crippen LogP contribution in [0.5, 0.6) is 0 Å². The number of hydrogen-bond acceptors (Lipinski definition) is 4. The molecule has 1 N–H and O–H groups in total. The fraction of sp³-hybridized carbons (Fsp3) is 0. The first kappa shape index (κ1) is 10.0. The number of nitriles is 1. The summed E-state index contributed by atoms with van der Waals surface area (Å²) in [5.41, 5.74) is 1.23. The largest absolute Gasteiger partial charge is 0.346 e. The molecule has 0 spiro atoms. The van der Waals surface area contributed by atoms with Crippen LogP contribution in [0.1, 0.15) is 0 Å². The van der Waals surface area contributed by atoms with Gasteiger partial charge in [-0.1, -0.05) is 6.07 Å². The van der Waals surface area contributed by atoms with Gasteiger partial charge in [-0.15, -0.1) is 25.3 Å². The van der Waals surface area contributed by atoms with Gasteiger partial charge in [0.25, 0.3) is 0 Å². The second-order valence-corrected chi connectivity index (χ2v) is 3.10. The minimum absolute atomic E-state index is 0.405. The molecule has 1 aromatic rings. The molecule has 13 heavy (non-hydrogen) atoms. The number of thiol groups is 2. The molecule has 0 radical (unpaired) electrons. The quantitative estimate of drug-likeness (QED) is 0.516.